The number of carbonyl (C=O) groups is 1. The van der Waals surface area contributed by atoms with Gasteiger partial charge in [-0.05, 0) is 25.7 Å². The van der Waals surface area contributed by atoms with E-state index in [0.717, 1.165) is 23.0 Å². The summed E-state index contributed by atoms with van der Waals surface area (Å²) >= 11 is 1.44. The third kappa shape index (κ3) is 4.42. The Balaban J connectivity index is 1.58. The van der Waals surface area contributed by atoms with Crippen LogP contribution in [0.1, 0.15) is 38.2 Å². The van der Waals surface area contributed by atoms with Crippen LogP contribution >= 0.6 is 11.8 Å². The van der Waals surface area contributed by atoms with Gasteiger partial charge in [-0.2, -0.15) is 0 Å². The maximum Gasteiger partial charge on any atom is 0.230 e. The van der Waals surface area contributed by atoms with E-state index in [1.165, 1.54) is 36.6 Å². The van der Waals surface area contributed by atoms with E-state index in [2.05, 4.69) is 41.5 Å². The first-order chi connectivity index (χ1) is 12.0. The maximum atomic E-state index is 12.3. The molecule has 6 heteroatoms. The largest absolute Gasteiger partial charge is 0.352 e. The van der Waals surface area contributed by atoms with Gasteiger partial charge in [0.1, 0.15) is 0 Å². The van der Waals surface area contributed by atoms with Crippen LogP contribution in [0.3, 0.4) is 0 Å². The molecular formula is C19H26N4OS. The topological polar surface area (TPSA) is 59.8 Å². The molecule has 1 aromatic carbocycles. The second kappa shape index (κ2) is 8.04. The van der Waals surface area contributed by atoms with Crippen LogP contribution in [0.4, 0.5) is 0 Å². The fourth-order valence-electron chi connectivity index (χ4n) is 3.30. The molecule has 1 amide bonds. The zero-order valence-electron chi connectivity index (χ0n) is 15.2. The van der Waals surface area contributed by atoms with Crippen LogP contribution in [-0.2, 0) is 11.8 Å². The molecule has 0 saturated heterocycles. The lowest BCUT2D eigenvalue weighted by molar-refractivity contribution is -0.119. The van der Waals surface area contributed by atoms with Crippen molar-refractivity contribution in [3.63, 3.8) is 0 Å². The van der Waals surface area contributed by atoms with Crippen LogP contribution in [0.5, 0.6) is 0 Å². The Labute approximate surface area is 153 Å². The van der Waals surface area contributed by atoms with Gasteiger partial charge in [-0.3, -0.25) is 4.79 Å². The Hall–Kier alpha value is -1.82. The fourth-order valence-corrected chi connectivity index (χ4v) is 4.03. The lowest BCUT2D eigenvalue weighted by Crippen LogP contribution is -2.41. The first-order valence-corrected chi connectivity index (χ1v) is 9.91. The van der Waals surface area contributed by atoms with Crippen molar-refractivity contribution in [1.29, 1.82) is 0 Å². The summed E-state index contributed by atoms with van der Waals surface area (Å²) in [5.74, 6) is 1.86. The lowest BCUT2D eigenvalue weighted by atomic mass is 9.86. The molecule has 2 atom stereocenters. The quantitative estimate of drug-likeness (QED) is 0.830. The normalized spacial score (nSPS) is 20.4. The van der Waals surface area contributed by atoms with E-state index in [1.807, 2.05) is 23.7 Å². The molecule has 0 unspecified atom stereocenters. The summed E-state index contributed by atoms with van der Waals surface area (Å²) < 4.78 is 1.95. The molecule has 5 nitrogen and oxygen atoms in total. The molecule has 1 aliphatic rings. The molecule has 2 aromatic rings. The van der Waals surface area contributed by atoms with Crippen molar-refractivity contribution in [2.45, 2.75) is 50.7 Å². The van der Waals surface area contributed by atoms with E-state index in [9.17, 15) is 4.79 Å². The van der Waals surface area contributed by atoms with Crippen molar-refractivity contribution in [1.82, 2.24) is 20.1 Å². The van der Waals surface area contributed by atoms with E-state index in [1.54, 1.807) is 0 Å². The highest BCUT2D eigenvalue weighted by Crippen LogP contribution is 2.25. The van der Waals surface area contributed by atoms with E-state index < -0.39 is 0 Å². The highest BCUT2D eigenvalue weighted by molar-refractivity contribution is 7.99. The van der Waals surface area contributed by atoms with Crippen molar-refractivity contribution in [3.05, 3.63) is 29.8 Å². The van der Waals surface area contributed by atoms with Gasteiger partial charge in [0, 0.05) is 18.7 Å². The van der Waals surface area contributed by atoms with Gasteiger partial charge in [0.25, 0.3) is 0 Å². The average Bonchev–Trinajstić information content (AvgIpc) is 2.97. The molecule has 1 N–H and O–H groups in total. The zero-order valence-corrected chi connectivity index (χ0v) is 16.0. The molecule has 3 rings (SSSR count). The van der Waals surface area contributed by atoms with E-state index >= 15 is 0 Å². The van der Waals surface area contributed by atoms with Crippen LogP contribution in [0.2, 0.25) is 0 Å². The van der Waals surface area contributed by atoms with Gasteiger partial charge < -0.3 is 9.88 Å². The average molecular weight is 359 g/mol. The number of nitrogens with zero attached hydrogens (tertiary/aromatic N) is 3. The number of hydrogen-bond acceptors (Lipinski definition) is 4. The number of carbonyl (C=O) groups excluding carboxylic acids is 1. The molecule has 1 aliphatic carbocycles. The second-order valence-corrected chi connectivity index (χ2v) is 7.90. The number of amides is 1. The Morgan fingerprint density at radius 1 is 1.24 bits per heavy atom. The summed E-state index contributed by atoms with van der Waals surface area (Å²) in [6.45, 7) is 4.29. The van der Waals surface area contributed by atoms with Gasteiger partial charge in [0.05, 0.1) is 5.75 Å². The number of rotatable bonds is 5. The number of nitrogens with one attached hydrogen (secondary N) is 1. The van der Waals surface area contributed by atoms with Gasteiger partial charge in [0.2, 0.25) is 5.91 Å². The zero-order chi connectivity index (χ0) is 17.8. The first kappa shape index (κ1) is 18.0. The summed E-state index contributed by atoms with van der Waals surface area (Å²) in [5, 5.41) is 12.5. The van der Waals surface area contributed by atoms with Crippen molar-refractivity contribution < 1.29 is 4.79 Å². The van der Waals surface area contributed by atoms with Crippen LogP contribution < -0.4 is 5.32 Å². The van der Waals surface area contributed by atoms with Gasteiger partial charge >= 0.3 is 0 Å². The smallest absolute Gasteiger partial charge is 0.230 e. The van der Waals surface area contributed by atoms with Crippen molar-refractivity contribution in [2.24, 2.45) is 13.0 Å². The van der Waals surface area contributed by atoms with Crippen LogP contribution in [-0.4, -0.2) is 32.5 Å². The molecule has 1 saturated carbocycles. The lowest BCUT2D eigenvalue weighted by Gasteiger charge is -2.29. The monoisotopic (exact) mass is 358 g/mol. The molecular weight excluding hydrogens is 332 g/mol. The van der Waals surface area contributed by atoms with Gasteiger partial charge in [0.15, 0.2) is 11.0 Å². The van der Waals surface area contributed by atoms with Crippen LogP contribution in [0, 0.1) is 12.8 Å². The highest BCUT2D eigenvalue weighted by atomic mass is 32.2. The van der Waals surface area contributed by atoms with Gasteiger partial charge in [-0.15, -0.1) is 10.2 Å². The Morgan fingerprint density at radius 2 is 1.96 bits per heavy atom. The number of thioether (sulfide) groups is 1. The minimum Gasteiger partial charge on any atom is -0.352 e. The van der Waals surface area contributed by atoms with Gasteiger partial charge in [-0.25, -0.2) is 0 Å². The Morgan fingerprint density at radius 3 is 2.68 bits per heavy atom. The summed E-state index contributed by atoms with van der Waals surface area (Å²) in [4.78, 5) is 12.3. The van der Waals surface area contributed by atoms with Crippen molar-refractivity contribution in [2.75, 3.05) is 5.75 Å². The minimum atomic E-state index is 0.0867. The molecule has 1 fully saturated rings. The predicted molar refractivity (Wildman–Crippen MR) is 101 cm³/mol. The molecule has 0 aliphatic heterocycles. The summed E-state index contributed by atoms with van der Waals surface area (Å²) in [6.07, 6.45) is 4.80. The predicted octanol–water partition coefficient (Wildman–Crippen LogP) is 3.58. The van der Waals surface area contributed by atoms with E-state index in [0.29, 0.717) is 17.7 Å². The molecule has 1 aromatic heterocycles. The standard InChI is InChI=1S/C19H26N4OS/c1-13-8-10-15(11-9-13)18-21-22-19(23(18)3)25-12-17(24)20-16-7-5-4-6-14(16)2/h8-11,14,16H,4-7,12H2,1-3H3,(H,20,24)/t14-,16-/m1/s1. The maximum absolute atomic E-state index is 12.3. The SMILES string of the molecule is Cc1ccc(-c2nnc(SCC(=O)N[C@@H]3CCCC[C@H]3C)n2C)cc1. The molecule has 0 spiro atoms. The highest BCUT2D eigenvalue weighted by Gasteiger charge is 2.23. The van der Waals surface area contributed by atoms with Crippen LogP contribution in [0.25, 0.3) is 11.4 Å². The van der Waals surface area contributed by atoms with Gasteiger partial charge in [-0.1, -0.05) is 61.4 Å². The molecule has 25 heavy (non-hydrogen) atoms. The third-order valence-corrected chi connectivity index (χ3v) is 5.96. The molecule has 0 bridgehead atoms. The Kier molecular flexibility index (Phi) is 5.78. The van der Waals surface area contributed by atoms with E-state index in [-0.39, 0.29) is 5.91 Å². The third-order valence-electron chi connectivity index (χ3n) is 4.93. The number of hydrogen-bond donors (Lipinski definition) is 1. The molecule has 1 heterocycles. The number of aromatic nitrogens is 3. The molecule has 0 radical (unpaired) electrons. The van der Waals surface area contributed by atoms with E-state index in [4.69, 9.17) is 0 Å². The minimum absolute atomic E-state index is 0.0867. The van der Waals surface area contributed by atoms with Crippen molar-refractivity contribution in [3.8, 4) is 11.4 Å². The summed E-state index contributed by atoms with van der Waals surface area (Å²) in [5.41, 5.74) is 2.25. The number of aryl methyl sites for hydroxylation is 1. The second-order valence-electron chi connectivity index (χ2n) is 6.96. The van der Waals surface area contributed by atoms with Crippen LogP contribution in [0.15, 0.2) is 29.4 Å². The first-order valence-electron chi connectivity index (χ1n) is 8.93. The Bertz CT molecular complexity index is 726. The summed E-state index contributed by atoms with van der Waals surface area (Å²) in [6, 6.07) is 8.55. The summed E-state index contributed by atoms with van der Waals surface area (Å²) in [7, 11) is 1.94. The van der Waals surface area contributed by atoms with Crippen molar-refractivity contribution >= 4 is 17.7 Å². The number of benzene rings is 1. The fraction of sp³-hybridized carbons (Fsp3) is 0.526. The molecule has 134 valence electrons.